The fourth-order valence-corrected chi connectivity index (χ4v) is 1.95. The summed E-state index contributed by atoms with van der Waals surface area (Å²) in [6.45, 7) is -0.414. The lowest BCUT2D eigenvalue weighted by molar-refractivity contribution is -0.137. The minimum atomic E-state index is -4.46. The minimum absolute atomic E-state index is 0.0287. The van der Waals surface area contributed by atoms with Gasteiger partial charge in [0.05, 0.1) is 11.3 Å². The van der Waals surface area contributed by atoms with Gasteiger partial charge in [0, 0.05) is 20.3 Å². The van der Waals surface area contributed by atoms with E-state index in [1.807, 2.05) is 0 Å². The lowest BCUT2D eigenvalue weighted by Crippen LogP contribution is -2.22. The minimum Gasteiger partial charge on any atom is -0.484 e. The summed E-state index contributed by atoms with van der Waals surface area (Å²) in [5.41, 5.74) is -0.345. The number of halogens is 3. The quantitative estimate of drug-likeness (QED) is 0.909. The molecule has 1 aromatic heterocycles. The number of nitrogens with zero attached hydrogens (tertiary/aromatic N) is 2. The molecule has 0 bridgehead atoms. The summed E-state index contributed by atoms with van der Waals surface area (Å²) in [6.07, 6.45) is -2.87. The van der Waals surface area contributed by atoms with Crippen LogP contribution < -0.4 is 15.0 Å². The van der Waals surface area contributed by atoms with Crippen molar-refractivity contribution in [1.82, 2.24) is 4.98 Å². The lowest BCUT2D eigenvalue weighted by atomic mass is 10.2. The molecule has 1 N–H and O–H groups in total. The molecule has 1 amide bonds. The molecule has 2 rings (SSSR count). The molecule has 0 fully saturated rings. The summed E-state index contributed by atoms with van der Waals surface area (Å²) < 4.78 is 43.0. The van der Waals surface area contributed by atoms with E-state index in [2.05, 4.69) is 10.3 Å². The fourth-order valence-electron chi connectivity index (χ4n) is 1.95. The van der Waals surface area contributed by atoms with Gasteiger partial charge in [-0.15, -0.1) is 0 Å². The van der Waals surface area contributed by atoms with Crippen LogP contribution in [0.1, 0.15) is 5.56 Å². The third-order valence-electron chi connectivity index (χ3n) is 3.02. The molecule has 0 saturated carbocycles. The second kappa shape index (κ2) is 7.20. The van der Waals surface area contributed by atoms with Gasteiger partial charge in [0.15, 0.2) is 12.4 Å². The maximum Gasteiger partial charge on any atom is 0.416 e. The van der Waals surface area contributed by atoms with Crippen molar-refractivity contribution >= 4 is 17.4 Å². The van der Waals surface area contributed by atoms with Crippen molar-refractivity contribution < 1.29 is 22.7 Å². The molecule has 128 valence electrons. The largest absolute Gasteiger partial charge is 0.484 e. The van der Waals surface area contributed by atoms with Gasteiger partial charge >= 0.3 is 6.18 Å². The predicted octanol–water partition coefficient (Wildman–Crippen LogP) is 3.18. The number of pyridine rings is 1. The molecule has 0 radical (unpaired) electrons. The normalized spacial score (nSPS) is 11.0. The van der Waals surface area contributed by atoms with E-state index in [9.17, 15) is 18.0 Å². The Hall–Kier alpha value is -2.77. The van der Waals surface area contributed by atoms with Crippen LogP contribution in [-0.4, -0.2) is 31.6 Å². The number of carbonyl (C=O) groups excluding carboxylic acids is 1. The number of rotatable bonds is 5. The number of ether oxygens (including phenoxy) is 1. The molecule has 0 spiro atoms. The van der Waals surface area contributed by atoms with E-state index in [-0.39, 0.29) is 5.75 Å². The van der Waals surface area contributed by atoms with E-state index in [1.165, 1.54) is 12.1 Å². The zero-order chi connectivity index (χ0) is 17.7. The molecule has 0 aliphatic heterocycles. The van der Waals surface area contributed by atoms with Crippen LogP contribution in [0, 0.1) is 0 Å². The van der Waals surface area contributed by atoms with Gasteiger partial charge in [-0.3, -0.25) is 4.79 Å². The van der Waals surface area contributed by atoms with Gasteiger partial charge in [0.2, 0.25) is 0 Å². The number of alkyl halides is 3. The molecule has 1 heterocycles. The van der Waals surface area contributed by atoms with Crippen molar-refractivity contribution in [2.75, 3.05) is 30.9 Å². The van der Waals surface area contributed by atoms with Gasteiger partial charge in [0.25, 0.3) is 5.91 Å². The zero-order valence-electron chi connectivity index (χ0n) is 13.1. The number of anilines is 2. The fraction of sp³-hybridized carbons (Fsp3) is 0.250. The van der Waals surface area contributed by atoms with Gasteiger partial charge in [0.1, 0.15) is 5.75 Å². The van der Waals surface area contributed by atoms with Gasteiger partial charge < -0.3 is 15.0 Å². The summed E-state index contributed by atoms with van der Waals surface area (Å²) in [5.74, 6) is 0.0347. The highest BCUT2D eigenvalue weighted by molar-refractivity contribution is 5.94. The number of amides is 1. The number of aromatic nitrogens is 1. The standard InChI is InChI=1S/C16H16F3N3O2/c1-22(2)15-13(7-4-8-20-15)21-14(23)10-24-12-6-3-5-11(9-12)16(17,18)19/h3-9H,10H2,1-2H3,(H,21,23). The monoisotopic (exact) mass is 339 g/mol. The third kappa shape index (κ3) is 4.61. The van der Waals surface area contributed by atoms with E-state index >= 15 is 0 Å². The van der Waals surface area contributed by atoms with Crippen LogP contribution in [0.3, 0.4) is 0 Å². The maximum atomic E-state index is 12.6. The Bertz CT molecular complexity index is 718. The average molecular weight is 339 g/mol. The molecule has 0 aliphatic carbocycles. The first kappa shape index (κ1) is 17.6. The molecule has 24 heavy (non-hydrogen) atoms. The van der Waals surface area contributed by atoms with Crippen LogP contribution in [0.15, 0.2) is 42.6 Å². The van der Waals surface area contributed by atoms with Crippen LogP contribution in [0.2, 0.25) is 0 Å². The summed E-state index contributed by atoms with van der Waals surface area (Å²) in [6, 6.07) is 7.70. The first-order valence-corrected chi connectivity index (χ1v) is 6.99. The molecule has 0 unspecified atom stereocenters. The van der Waals surface area contributed by atoms with E-state index in [4.69, 9.17) is 4.74 Å². The van der Waals surface area contributed by atoms with Crippen LogP contribution in [0.4, 0.5) is 24.7 Å². The first-order valence-electron chi connectivity index (χ1n) is 6.99. The Balaban J connectivity index is 2.00. The summed E-state index contributed by atoms with van der Waals surface area (Å²) in [5, 5.41) is 2.62. The summed E-state index contributed by atoms with van der Waals surface area (Å²) in [7, 11) is 3.55. The van der Waals surface area contributed by atoms with Crippen molar-refractivity contribution in [2.45, 2.75) is 6.18 Å². The predicted molar refractivity (Wildman–Crippen MR) is 84.1 cm³/mol. The molecule has 0 atom stereocenters. The summed E-state index contributed by atoms with van der Waals surface area (Å²) >= 11 is 0. The highest BCUT2D eigenvalue weighted by atomic mass is 19.4. The van der Waals surface area contributed by atoms with Crippen LogP contribution >= 0.6 is 0 Å². The van der Waals surface area contributed by atoms with Crippen LogP contribution in [0.5, 0.6) is 5.75 Å². The van der Waals surface area contributed by atoms with Crippen molar-refractivity contribution in [3.63, 3.8) is 0 Å². The Labute approximate surface area is 137 Å². The van der Waals surface area contributed by atoms with Crippen LogP contribution in [0.25, 0.3) is 0 Å². The van der Waals surface area contributed by atoms with Crippen molar-refractivity contribution in [1.29, 1.82) is 0 Å². The first-order chi connectivity index (χ1) is 11.3. The SMILES string of the molecule is CN(C)c1ncccc1NC(=O)COc1cccc(C(F)(F)F)c1. The highest BCUT2D eigenvalue weighted by Gasteiger charge is 2.30. The number of nitrogens with one attached hydrogen (secondary N) is 1. The Kier molecular flexibility index (Phi) is 5.28. The number of carbonyl (C=O) groups is 1. The van der Waals surface area contributed by atoms with Crippen molar-refractivity contribution in [2.24, 2.45) is 0 Å². The Morgan fingerprint density at radius 3 is 2.67 bits per heavy atom. The van der Waals surface area contributed by atoms with Crippen molar-refractivity contribution in [3.8, 4) is 5.75 Å². The molecule has 8 heteroatoms. The second-order valence-electron chi connectivity index (χ2n) is 5.13. The topological polar surface area (TPSA) is 54.5 Å². The second-order valence-corrected chi connectivity index (χ2v) is 5.13. The van der Waals surface area contributed by atoms with E-state index in [0.29, 0.717) is 11.5 Å². The van der Waals surface area contributed by atoms with Gasteiger partial charge in [-0.05, 0) is 30.3 Å². The molecule has 5 nitrogen and oxygen atoms in total. The highest BCUT2D eigenvalue weighted by Crippen LogP contribution is 2.31. The number of hydrogen-bond donors (Lipinski definition) is 1. The lowest BCUT2D eigenvalue weighted by Gasteiger charge is -2.16. The smallest absolute Gasteiger partial charge is 0.416 e. The van der Waals surface area contributed by atoms with Gasteiger partial charge in [-0.2, -0.15) is 13.2 Å². The number of benzene rings is 1. The van der Waals surface area contributed by atoms with Gasteiger partial charge in [-0.1, -0.05) is 6.07 Å². The molecule has 1 aromatic carbocycles. The van der Waals surface area contributed by atoms with E-state index in [1.54, 1.807) is 37.3 Å². The molecule has 0 saturated heterocycles. The molecule has 2 aromatic rings. The number of hydrogen-bond acceptors (Lipinski definition) is 4. The molecular weight excluding hydrogens is 323 g/mol. The Morgan fingerprint density at radius 2 is 2.00 bits per heavy atom. The van der Waals surface area contributed by atoms with Crippen molar-refractivity contribution in [3.05, 3.63) is 48.2 Å². The Morgan fingerprint density at radius 1 is 1.25 bits per heavy atom. The third-order valence-corrected chi connectivity index (χ3v) is 3.02. The average Bonchev–Trinajstić information content (AvgIpc) is 2.53. The van der Waals surface area contributed by atoms with E-state index in [0.717, 1.165) is 12.1 Å². The van der Waals surface area contributed by atoms with Crippen LogP contribution in [-0.2, 0) is 11.0 Å². The molecular formula is C16H16F3N3O2. The van der Waals surface area contributed by atoms with E-state index < -0.39 is 24.3 Å². The maximum absolute atomic E-state index is 12.6. The van der Waals surface area contributed by atoms with Gasteiger partial charge in [-0.25, -0.2) is 4.98 Å². The zero-order valence-corrected chi connectivity index (χ0v) is 13.1. The molecule has 0 aliphatic rings. The summed E-state index contributed by atoms with van der Waals surface area (Å²) in [4.78, 5) is 17.8.